The quantitative estimate of drug-likeness (QED) is 0.705. The number of nitrogens with one attached hydrogen (secondary N) is 1. The van der Waals surface area contributed by atoms with Crippen LogP contribution in [0, 0.1) is 12.8 Å². The van der Waals surface area contributed by atoms with E-state index in [9.17, 15) is 13.2 Å². The fourth-order valence-electron chi connectivity index (χ4n) is 4.01. The minimum Gasteiger partial charge on any atom is -0.371 e. The predicted octanol–water partition coefficient (Wildman–Crippen LogP) is 3.87. The standard InChI is InChI=1S/C24H33N3O3S/c1-18-7-11-23(12-8-18)27(31(4,29)30)17-24(28)25-20(3)21-9-13-22(14-10-21)26-15-5-6-19(2)16-26/h7-14,19-20H,5-6,15-17H2,1-4H3,(H,25,28)/t19-,20+/m1/s1. The molecule has 1 N–H and O–H groups in total. The number of benzene rings is 2. The zero-order valence-electron chi connectivity index (χ0n) is 18.8. The summed E-state index contributed by atoms with van der Waals surface area (Å²) in [6, 6.07) is 15.1. The fraction of sp³-hybridized carbons (Fsp3) is 0.458. The van der Waals surface area contributed by atoms with E-state index in [-0.39, 0.29) is 18.5 Å². The largest absolute Gasteiger partial charge is 0.371 e. The molecule has 1 saturated heterocycles. The highest BCUT2D eigenvalue weighted by molar-refractivity contribution is 7.92. The Morgan fingerprint density at radius 2 is 1.81 bits per heavy atom. The van der Waals surface area contributed by atoms with E-state index in [1.54, 1.807) is 12.1 Å². The van der Waals surface area contributed by atoms with Crippen LogP contribution in [-0.4, -0.2) is 40.2 Å². The molecule has 0 aromatic heterocycles. The molecule has 0 radical (unpaired) electrons. The maximum Gasteiger partial charge on any atom is 0.241 e. The van der Waals surface area contributed by atoms with Crippen LogP contribution in [0.3, 0.4) is 0 Å². The Hall–Kier alpha value is -2.54. The first kappa shape index (κ1) is 23.1. The summed E-state index contributed by atoms with van der Waals surface area (Å²) in [7, 11) is -3.58. The Kier molecular flexibility index (Phi) is 7.26. The SMILES string of the molecule is Cc1ccc(N(CC(=O)N[C@@H](C)c2ccc(N3CCC[C@@H](C)C3)cc2)S(C)(=O)=O)cc1. The second-order valence-corrected chi connectivity index (χ2v) is 10.6. The summed E-state index contributed by atoms with van der Waals surface area (Å²) in [6.45, 7) is 8.03. The van der Waals surface area contributed by atoms with Gasteiger partial charge in [-0.05, 0) is 62.4 Å². The minimum atomic E-state index is -3.58. The van der Waals surface area contributed by atoms with Gasteiger partial charge in [-0.15, -0.1) is 0 Å². The summed E-state index contributed by atoms with van der Waals surface area (Å²) in [4.78, 5) is 15.1. The molecule has 1 fully saturated rings. The van der Waals surface area contributed by atoms with Gasteiger partial charge in [0, 0.05) is 18.8 Å². The molecule has 2 aromatic carbocycles. The number of carbonyl (C=O) groups is 1. The lowest BCUT2D eigenvalue weighted by molar-refractivity contribution is -0.120. The normalized spacial score (nSPS) is 17.8. The Labute approximate surface area is 186 Å². The van der Waals surface area contributed by atoms with Gasteiger partial charge < -0.3 is 10.2 Å². The van der Waals surface area contributed by atoms with Crippen molar-refractivity contribution in [2.45, 2.75) is 39.7 Å². The molecule has 0 saturated carbocycles. The smallest absolute Gasteiger partial charge is 0.241 e. The number of aryl methyl sites for hydroxylation is 1. The van der Waals surface area contributed by atoms with Crippen LogP contribution in [0.2, 0.25) is 0 Å². The number of nitrogens with zero attached hydrogens (tertiary/aromatic N) is 2. The Balaban J connectivity index is 1.64. The topological polar surface area (TPSA) is 69.7 Å². The number of amides is 1. The average Bonchev–Trinajstić information content (AvgIpc) is 2.72. The molecule has 1 amide bonds. The van der Waals surface area contributed by atoms with Gasteiger partial charge in [0.1, 0.15) is 6.54 Å². The van der Waals surface area contributed by atoms with Crippen LogP contribution < -0.4 is 14.5 Å². The summed E-state index contributed by atoms with van der Waals surface area (Å²) in [5, 5.41) is 2.93. The van der Waals surface area contributed by atoms with E-state index in [1.807, 2.05) is 38.1 Å². The highest BCUT2D eigenvalue weighted by atomic mass is 32.2. The molecule has 3 rings (SSSR count). The maximum atomic E-state index is 12.6. The number of hydrogen-bond donors (Lipinski definition) is 1. The number of sulfonamides is 1. The first-order valence-corrected chi connectivity index (χ1v) is 12.7. The van der Waals surface area contributed by atoms with E-state index in [1.165, 1.54) is 18.5 Å². The highest BCUT2D eigenvalue weighted by Crippen LogP contribution is 2.25. The van der Waals surface area contributed by atoms with Gasteiger partial charge in [0.05, 0.1) is 18.0 Å². The molecule has 1 aliphatic heterocycles. The lowest BCUT2D eigenvalue weighted by Crippen LogP contribution is -2.41. The Morgan fingerprint density at radius 3 is 2.39 bits per heavy atom. The van der Waals surface area contributed by atoms with Crippen LogP contribution >= 0.6 is 0 Å². The van der Waals surface area contributed by atoms with Gasteiger partial charge in [-0.3, -0.25) is 9.10 Å². The molecule has 168 valence electrons. The number of rotatable bonds is 7. The van der Waals surface area contributed by atoms with E-state index in [4.69, 9.17) is 0 Å². The van der Waals surface area contributed by atoms with Crippen molar-refractivity contribution in [1.82, 2.24) is 5.32 Å². The molecular weight excluding hydrogens is 410 g/mol. The van der Waals surface area contributed by atoms with E-state index in [2.05, 4.69) is 29.3 Å². The summed E-state index contributed by atoms with van der Waals surface area (Å²) in [5.41, 5.74) is 3.70. The lowest BCUT2D eigenvalue weighted by Gasteiger charge is -2.33. The van der Waals surface area contributed by atoms with Crippen molar-refractivity contribution in [3.8, 4) is 0 Å². The summed E-state index contributed by atoms with van der Waals surface area (Å²) in [6.07, 6.45) is 3.61. The monoisotopic (exact) mass is 443 g/mol. The first-order chi connectivity index (χ1) is 14.6. The minimum absolute atomic E-state index is 0.221. The predicted molar refractivity (Wildman–Crippen MR) is 127 cm³/mol. The number of anilines is 2. The van der Waals surface area contributed by atoms with Crippen molar-refractivity contribution >= 4 is 27.3 Å². The van der Waals surface area contributed by atoms with Gasteiger partial charge in [-0.25, -0.2) is 8.42 Å². The Bertz CT molecular complexity index is 988. The number of carbonyl (C=O) groups excluding carboxylic acids is 1. The van der Waals surface area contributed by atoms with E-state index in [0.29, 0.717) is 11.6 Å². The van der Waals surface area contributed by atoms with E-state index < -0.39 is 10.0 Å². The zero-order chi connectivity index (χ0) is 22.6. The van der Waals surface area contributed by atoms with Gasteiger partial charge in [0.2, 0.25) is 15.9 Å². The zero-order valence-corrected chi connectivity index (χ0v) is 19.7. The molecule has 0 bridgehead atoms. The van der Waals surface area contributed by atoms with E-state index >= 15 is 0 Å². The van der Waals surface area contributed by atoms with Gasteiger partial charge in [0.15, 0.2) is 0 Å². The van der Waals surface area contributed by atoms with Gasteiger partial charge in [0.25, 0.3) is 0 Å². The summed E-state index contributed by atoms with van der Waals surface area (Å²) >= 11 is 0. The number of piperidine rings is 1. The summed E-state index contributed by atoms with van der Waals surface area (Å²) < 4.78 is 25.7. The van der Waals surface area contributed by atoms with Crippen molar-refractivity contribution in [1.29, 1.82) is 0 Å². The molecule has 1 aliphatic rings. The van der Waals surface area contributed by atoms with Gasteiger partial charge in [-0.2, -0.15) is 0 Å². The molecule has 0 spiro atoms. The molecule has 2 aromatic rings. The third kappa shape index (κ3) is 6.23. The van der Waals surface area contributed by atoms with Crippen LogP contribution in [0.5, 0.6) is 0 Å². The van der Waals surface area contributed by atoms with Crippen molar-refractivity contribution in [3.63, 3.8) is 0 Å². The molecule has 0 unspecified atom stereocenters. The molecule has 2 atom stereocenters. The molecule has 31 heavy (non-hydrogen) atoms. The van der Waals surface area contributed by atoms with Crippen molar-refractivity contribution in [3.05, 3.63) is 59.7 Å². The first-order valence-electron chi connectivity index (χ1n) is 10.8. The average molecular weight is 444 g/mol. The maximum absolute atomic E-state index is 12.6. The third-order valence-electron chi connectivity index (χ3n) is 5.80. The molecule has 7 heteroatoms. The summed E-state index contributed by atoms with van der Waals surface area (Å²) in [5.74, 6) is 0.366. The van der Waals surface area contributed by atoms with Crippen LogP contribution in [0.1, 0.15) is 43.9 Å². The van der Waals surface area contributed by atoms with E-state index in [0.717, 1.165) is 34.8 Å². The third-order valence-corrected chi connectivity index (χ3v) is 6.94. The van der Waals surface area contributed by atoms with Crippen molar-refractivity contribution in [2.24, 2.45) is 5.92 Å². The second kappa shape index (κ2) is 9.73. The van der Waals surface area contributed by atoms with Gasteiger partial charge in [-0.1, -0.05) is 36.8 Å². The van der Waals surface area contributed by atoms with Crippen molar-refractivity contribution in [2.75, 3.05) is 35.1 Å². The second-order valence-electron chi connectivity index (χ2n) is 8.68. The Morgan fingerprint density at radius 1 is 1.16 bits per heavy atom. The highest BCUT2D eigenvalue weighted by Gasteiger charge is 2.22. The van der Waals surface area contributed by atoms with Crippen molar-refractivity contribution < 1.29 is 13.2 Å². The number of hydrogen-bond acceptors (Lipinski definition) is 4. The van der Waals surface area contributed by atoms with Crippen LogP contribution in [0.4, 0.5) is 11.4 Å². The molecular formula is C24H33N3O3S. The van der Waals surface area contributed by atoms with Gasteiger partial charge >= 0.3 is 0 Å². The molecule has 0 aliphatic carbocycles. The fourth-order valence-corrected chi connectivity index (χ4v) is 4.87. The molecule has 1 heterocycles. The van der Waals surface area contributed by atoms with Crippen LogP contribution in [-0.2, 0) is 14.8 Å². The van der Waals surface area contributed by atoms with Crippen LogP contribution in [0.15, 0.2) is 48.5 Å². The van der Waals surface area contributed by atoms with Crippen LogP contribution in [0.25, 0.3) is 0 Å². The lowest BCUT2D eigenvalue weighted by atomic mass is 9.99. The molecule has 6 nitrogen and oxygen atoms in total.